The van der Waals surface area contributed by atoms with Crippen molar-refractivity contribution in [1.82, 2.24) is 19.7 Å². The molecule has 4 rings (SSSR count). The molecule has 0 aliphatic carbocycles. The van der Waals surface area contributed by atoms with E-state index < -0.39 is 0 Å². The van der Waals surface area contributed by atoms with E-state index in [0.717, 1.165) is 21.5 Å². The third kappa shape index (κ3) is 5.56. The molecule has 0 spiro atoms. The third-order valence-corrected chi connectivity index (χ3v) is 6.82. The summed E-state index contributed by atoms with van der Waals surface area (Å²) in [4.78, 5) is 16.9. The van der Waals surface area contributed by atoms with Crippen molar-refractivity contribution in [1.29, 1.82) is 0 Å². The minimum absolute atomic E-state index is 0.146. The number of thioether (sulfide) groups is 1. The van der Waals surface area contributed by atoms with Crippen molar-refractivity contribution in [3.8, 4) is 17.0 Å². The molecule has 0 fully saturated rings. The van der Waals surface area contributed by atoms with Gasteiger partial charge in [0.15, 0.2) is 22.2 Å². The first-order chi connectivity index (χ1) is 15.5. The second kappa shape index (κ2) is 10.3. The summed E-state index contributed by atoms with van der Waals surface area (Å²) < 4.78 is 8.79. The molecule has 1 N–H and O–H groups in total. The molecule has 0 radical (unpaired) electrons. The van der Waals surface area contributed by atoms with Crippen LogP contribution >= 0.6 is 39.0 Å². The van der Waals surface area contributed by atoms with Gasteiger partial charge in [0.2, 0.25) is 5.91 Å². The first kappa shape index (κ1) is 22.5. The lowest BCUT2D eigenvalue weighted by Gasteiger charge is -2.14. The van der Waals surface area contributed by atoms with Crippen LogP contribution < -0.4 is 10.1 Å². The van der Waals surface area contributed by atoms with E-state index in [1.807, 2.05) is 78.5 Å². The van der Waals surface area contributed by atoms with Gasteiger partial charge in [-0.25, -0.2) is 4.98 Å². The van der Waals surface area contributed by atoms with Crippen molar-refractivity contribution < 1.29 is 9.53 Å². The monoisotopic (exact) mass is 529 g/mol. The van der Waals surface area contributed by atoms with Crippen molar-refractivity contribution in [2.45, 2.75) is 18.2 Å². The molecule has 32 heavy (non-hydrogen) atoms. The van der Waals surface area contributed by atoms with Gasteiger partial charge in [0.1, 0.15) is 5.75 Å². The lowest BCUT2D eigenvalue weighted by molar-refractivity contribution is -0.113. The number of nitrogens with zero attached hydrogens (tertiary/aromatic N) is 4. The van der Waals surface area contributed by atoms with Crippen LogP contribution in [0, 0.1) is 0 Å². The summed E-state index contributed by atoms with van der Waals surface area (Å²) >= 11 is 6.13. The molecule has 2 aromatic carbocycles. The summed E-state index contributed by atoms with van der Waals surface area (Å²) in [5.41, 5.74) is 1.86. The SMILES string of the molecule is CC(Oc1ccc(Br)cc1)c1nnc(SCC(=O)Nc2nc(-c3ccccc3)cs2)n1C. The summed E-state index contributed by atoms with van der Waals surface area (Å²) in [6.07, 6.45) is -0.288. The summed E-state index contributed by atoms with van der Waals surface area (Å²) in [5.74, 6) is 1.49. The van der Waals surface area contributed by atoms with E-state index in [2.05, 4.69) is 36.4 Å². The largest absolute Gasteiger partial charge is 0.483 e. The molecule has 2 aromatic heterocycles. The molecule has 1 unspecified atom stereocenters. The van der Waals surface area contributed by atoms with Gasteiger partial charge in [-0.2, -0.15) is 0 Å². The lowest BCUT2D eigenvalue weighted by Crippen LogP contribution is -2.14. The number of halogens is 1. The number of thiazole rings is 1. The summed E-state index contributed by atoms with van der Waals surface area (Å²) in [6, 6.07) is 17.5. The number of carbonyl (C=O) groups excluding carboxylic acids is 1. The van der Waals surface area contributed by atoms with Gasteiger partial charge in [0, 0.05) is 22.5 Å². The van der Waals surface area contributed by atoms with Crippen LogP contribution in [0.15, 0.2) is 69.6 Å². The van der Waals surface area contributed by atoms with E-state index in [0.29, 0.717) is 16.1 Å². The Morgan fingerprint density at radius 1 is 1.19 bits per heavy atom. The molecule has 0 saturated heterocycles. The molecule has 1 amide bonds. The first-order valence-electron chi connectivity index (χ1n) is 9.74. The Kier molecular flexibility index (Phi) is 7.23. The lowest BCUT2D eigenvalue weighted by atomic mass is 10.2. The fourth-order valence-corrected chi connectivity index (χ4v) is 4.65. The van der Waals surface area contributed by atoms with Crippen LogP contribution in [-0.4, -0.2) is 31.4 Å². The maximum absolute atomic E-state index is 12.4. The van der Waals surface area contributed by atoms with Crippen molar-refractivity contribution in [2.24, 2.45) is 7.05 Å². The van der Waals surface area contributed by atoms with Crippen LogP contribution in [-0.2, 0) is 11.8 Å². The number of carbonyl (C=O) groups is 1. The Balaban J connectivity index is 1.32. The number of hydrogen-bond donors (Lipinski definition) is 1. The topological polar surface area (TPSA) is 81.9 Å². The molecule has 10 heteroatoms. The Hall–Kier alpha value is -2.69. The second-order valence-electron chi connectivity index (χ2n) is 6.85. The third-order valence-electron chi connectivity index (χ3n) is 4.51. The molecule has 7 nitrogen and oxygen atoms in total. The van der Waals surface area contributed by atoms with Gasteiger partial charge in [-0.15, -0.1) is 21.5 Å². The zero-order valence-electron chi connectivity index (χ0n) is 17.4. The Morgan fingerprint density at radius 3 is 2.69 bits per heavy atom. The molecule has 2 heterocycles. The van der Waals surface area contributed by atoms with Crippen LogP contribution in [0.2, 0.25) is 0 Å². The molecular formula is C22H20BrN5O2S2. The number of benzene rings is 2. The molecular weight excluding hydrogens is 510 g/mol. The maximum atomic E-state index is 12.4. The number of amides is 1. The van der Waals surface area contributed by atoms with Gasteiger partial charge in [-0.3, -0.25) is 4.79 Å². The normalized spacial score (nSPS) is 11.8. The van der Waals surface area contributed by atoms with Crippen LogP contribution in [0.5, 0.6) is 5.75 Å². The Bertz CT molecular complexity index is 1190. The highest BCUT2D eigenvalue weighted by atomic mass is 79.9. The number of anilines is 1. The molecule has 0 bridgehead atoms. The summed E-state index contributed by atoms with van der Waals surface area (Å²) in [6.45, 7) is 1.92. The standard InChI is InChI=1S/C22H20BrN5O2S2/c1-14(30-17-10-8-16(23)9-11-17)20-26-27-22(28(20)2)32-13-19(29)25-21-24-18(12-31-21)15-6-4-3-5-7-15/h3-12,14H,13H2,1-2H3,(H,24,25,29). The molecule has 4 aromatic rings. The van der Waals surface area contributed by atoms with E-state index in [4.69, 9.17) is 4.74 Å². The number of rotatable bonds is 8. The maximum Gasteiger partial charge on any atom is 0.236 e. The zero-order chi connectivity index (χ0) is 22.5. The zero-order valence-corrected chi connectivity index (χ0v) is 20.6. The van der Waals surface area contributed by atoms with E-state index in [1.54, 1.807) is 0 Å². The van der Waals surface area contributed by atoms with Crippen LogP contribution in [0.3, 0.4) is 0 Å². The predicted molar refractivity (Wildman–Crippen MR) is 131 cm³/mol. The fraction of sp³-hybridized carbons (Fsp3) is 0.182. The van der Waals surface area contributed by atoms with E-state index in [-0.39, 0.29) is 17.8 Å². The van der Waals surface area contributed by atoms with Crippen LogP contribution in [0.4, 0.5) is 5.13 Å². The molecule has 164 valence electrons. The van der Waals surface area contributed by atoms with Gasteiger partial charge in [0.05, 0.1) is 11.4 Å². The van der Waals surface area contributed by atoms with Crippen molar-refractivity contribution >= 4 is 50.1 Å². The molecule has 0 saturated carbocycles. The van der Waals surface area contributed by atoms with Crippen LogP contribution in [0.1, 0.15) is 18.9 Å². The second-order valence-corrected chi connectivity index (χ2v) is 9.57. The smallest absolute Gasteiger partial charge is 0.236 e. The predicted octanol–water partition coefficient (Wildman–Crippen LogP) is 5.57. The van der Waals surface area contributed by atoms with E-state index in [1.165, 1.54) is 23.1 Å². The number of aromatic nitrogens is 4. The summed E-state index contributed by atoms with van der Waals surface area (Å²) in [7, 11) is 1.87. The Labute approximate surface area is 202 Å². The van der Waals surface area contributed by atoms with Crippen molar-refractivity contribution in [3.63, 3.8) is 0 Å². The van der Waals surface area contributed by atoms with E-state index >= 15 is 0 Å². The fourth-order valence-electron chi connectivity index (χ4n) is 2.93. The summed E-state index contributed by atoms with van der Waals surface area (Å²) in [5, 5.41) is 14.5. The van der Waals surface area contributed by atoms with Gasteiger partial charge in [0.25, 0.3) is 0 Å². The van der Waals surface area contributed by atoms with Gasteiger partial charge in [-0.1, -0.05) is 58.0 Å². The average Bonchev–Trinajstić information content (AvgIpc) is 3.41. The number of hydrogen-bond acceptors (Lipinski definition) is 7. The van der Waals surface area contributed by atoms with Crippen LogP contribution in [0.25, 0.3) is 11.3 Å². The molecule has 0 aliphatic rings. The number of ether oxygens (including phenoxy) is 1. The van der Waals surface area contributed by atoms with Gasteiger partial charge >= 0.3 is 0 Å². The minimum Gasteiger partial charge on any atom is -0.483 e. The highest BCUT2D eigenvalue weighted by molar-refractivity contribution is 9.10. The first-order valence-corrected chi connectivity index (χ1v) is 12.4. The quantitative estimate of drug-likeness (QED) is 0.300. The molecule has 1 atom stereocenters. The van der Waals surface area contributed by atoms with Gasteiger partial charge in [-0.05, 0) is 31.2 Å². The number of nitrogens with one attached hydrogen (secondary N) is 1. The van der Waals surface area contributed by atoms with Gasteiger partial charge < -0.3 is 14.6 Å². The molecule has 0 aliphatic heterocycles. The Morgan fingerprint density at radius 2 is 1.94 bits per heavy atom. The highest BCUT2D eigenvalue weighted by Crippen LogP contribution is 2.26. The van der Waals surface area contributed by atoms with E-state index in [9.17, 15) is 4.79 Å². The van der Waals surface area contributed by atoms with Crippen molar-refractivity contribution in [3.05, 3.63) is 70.3 Å². The minimum atomic E-state index is -0.288. The highest BCUT2D eigenvalue weighted by Gasteiger charge is 2.18. The average molecular weight is 530 g/mol. The van der Waals surface area contributed by atoms with Crippen molar-refractivity contribution in [2.75, 3.05) is 11.1 Å².